The number of anilines is 1. The van der Waals surface area contributed by atoms with Gasteiger partial charge in [0.05, 0.1) is 10.1 Å². The number of rotatable bonds is 5. The van der Waals surface area contributed by atoms with Crippen LogP contribution in [0.15, 0.2) is 51.4 Å². The van der Waals surface area contributed by atoms with E-state index in [1.165, 1.54) is 11.8 Å². The maximum atomic E-state index is 12.2. The Morgan fingerprint density at radius 3 is 2.83 bits per heavy atom. The average molecular weight is 409 g/mol. The summed E-state index contributed by atoms with van der Waals surface area (Å²) >= 11 is 6.28. The van der Waals surface area contributed by atoms with E-state index in [4.69, 9.17) is 0 Å². The molecule has 0 saturated carbocycles. The summed E-state index contributed by atoms with van der Waals surface area (Å²) in [7, 11) is 0. The molecule has 118 valence electrons. The van der Waals surface area contributed by atoms with Gasteiger partial charge in [-0.1, -0.05) is 33.8 Å². The second kappa shape index (κ2) is 7.29. The van der Waals surface area contributed by atoms with Crippen LogP contribution in [0.25, 0.3) is 10.7 Å². The summed E-state index contributed by atoms with van der Waals surface area (Å²) in [6.07, 6.45) is 0. The van der Waals surface area contributed by atoms with Gasteiger partial charge in [0.15, 0.2) is 5.82 Å². The van der Waals surface area contributed by atoms with Crippen molar-refractivity contribution >= 4 is 50.6 Å². The van der Waals surface area contributed by atoms with E-state index in [9.17, 15) is 4.79 Å². The van der Waals surface area contributed by atoms with Crippen LogP contribution >= 0.6 is 39.0 Å². The molecular formula is C15H13BrN4OS2. The molecule has 0 bridgehead atoms. The number of H-pyrrole nitrogens is 1. The number of thioether (sulfide) groups is 1. The lowest BCUT2D eigenvalue weighted by molar-refractivity contribution is -0.115. The SMILES string of the molecule is CC(Sc1n[nH]c(-c2cccs2)n1)C(=O)Nc1ccc(Br)cc1. The minimum absolute atomic E-state index is 0.0835. The van der Waals surface area contributed by atoms with Crippen molar-refractivity contribution in [3.8, 4) is 10.7 Å². The van der Waals surface area contributed by atoms with Crippen molar-refractivity contribution in [1.82, 2.24) is 15.2 Å². The molecule has 0 aliphatic rings. The zero-order valence-electron chi connectivity index (χ0n) is 12.1. The van der Waals surface area contributed by atoms with E-state index in [1.54, 1.807) is 11.3 Å². The normalized spacial score (nSPS) is 12.1. The van der Waals surface area contributed by atoms with Gasteiger partial charge >= 0.3 is 0 Å². The average Bonchev–Trinajstić information content (AvgIpc) is 3.20. The first-order chi connectivity index (χ1) is 11.1. The van der Waals surface area contributed by atoms with Crippen LogP contribution < -0.4 is 5.32 Å². The molecule has 1 unspecified atom stereocenters. The van der Waals surface area contributed by atoms with Crippen LogP contribution in [0.1, 0.15) is 6.92 Å². The fraction of sp³-hybridized carbons (Fsp3) is 0.133. The summed E-state index contributed by atoms with van der Waals surface area (Å²) in [4.78, 5) is 17.7. The number of aromatic amines is 1. The number of carbonyl (C=O) groups excluding carboxylic acids is 1. The van der Waals surface area contributed by atoms with Gasteiger partial charge in [-0.25, -0.2) is 4.98 Å². The number of amides is 1. The van der Waals surface area contributed by atoms with Gasteiger partial charge in [0.25, 0.3) is 0 Å². The van der Waals surface area contributed by atoms with Crippen LogP contribution in [0.3, 0.4) is 0 Å². The standard InChI is InChI=1S/C15H13BrN4OS2/c1-9(14(21)17-11-6-4-10(16)5-7-11)23-15-18-13(19-20-15)12-3-2-8-22-12/h2-9H,1H3,(H,17,21)(H,18,19,20). The quantitative estimate of drug-likeness (QED) is 0.613. The van der Waals surface area contributed by atoms with Crippen molar-refractivity contribution in [3.63, 3.8) is 0 Å². The van der Waals surface area contributed by atoms with Gasteiger partial charge in [-0.15, -0.1) is 16.4 Å². The molecule has 0 fully saturated rings. The molecular weight excluding hydrogens is 396 g/mol. The Kier molecular flexibility index (Phi) is 5.14. The number of aromatic nitrogens is 3. The Morgan fingerprint density at radius 2 is 2.13 bits per heavy atom. The number of carbonyl (C=O) groups is 1. The highest BCUT2D eigenvalue weighted by molar-refractivity contribution is 9.10. The topological polar surface area (TPSA) is 70.7 Å². The molecule has 0 saturated heterocycles. The smallest absolute Gasteiger partial charge is 0.237 e. The van der Waals surface area contributed by atoms with Crippen LogP contribution in [0.2, 0.25) is 0 Å². The van der Waals surface area contributed by atoms with E-state index >= 15 is 0 Å². The summed E-state index contributed by atoms with van der Waals surface area (Å²) in [5.41, 5.74) is 0.764. The third-order valence-corrected chi connectivity index (χ3v) is 5.35. The van der Waals surface area contributed by atoms with Gasteiger partial charge < -0.3 is 5.32 Å². The van der Waals surface area contributed by atoms with Gasteiger partial charge in [-0.2, -0.15) is 0 Å². The number of halogens is 1. The lowest BCUT2D eigenvalue weighted by atomic mass is 10.3. The van der Waals surface area contributed by atoms with Crippen LogP contribution in [0, 0.1) is 0 Å². The summed E-state index contributed by atoms with van der Waals surface area (Å²) in [5.74, 6) is 0.641. The van der Waals surface area contributed by atoms with E-state index in [2.05, 4.69) is 36.4 Å². The number of hydrogen-bond acceptors (Lipinski definition) is 5. The molecule has 0 radical (unpaired) electrons. The van der Waals surface area contributed by atoms with Gasteiger partial charge in [0, 0.05) is 10.2 Å². The molecule has 8 heteroatoms. The van der Waals surface area contributed by atoms with Crippen LogP contribution in [-0.2, 0) is 4.79 Å². The Morgan fingerprint density at radius 1 is 1.35 bits per heavy atom. The van der Waals surface area contributed by atoms with Gasteiger partial charge in [0.2, 0.25) is 11.1 Å². The van der Waals surface area contributed by atoms with Crippen molar-refractivity contribution in [2.45, 2.75) is 17.3 Å². The highest BCUT2D eigenvalue weighted by Crippen LogP contribution is 2.26. The van der Waals surface area contributed by atoms with E-state index in [-0.39, 0.29) is 11.2 Å². The van der Waals surface area contributed by atoms with E-state index < -0.39 is 0 Å². The highest BCUT2D eigenvalue weighted by Gasteiger charge is 2.17. The van der Waals surface area contributed by atoms with E-state index in [0.29, 0.717) is 5.16 Å². The number of nitrogens with one attached hydrogen (secondary N) is 2. The third kappa shape index (κ3) is 4.21. The molecule has 23 heavy (non-hydrogen) atoms. The highest BCUT2D eigenvalue weighted by atomic mass is 79.9. The third-order valence-electron chi connectivity index (χ3n) is 2.98. The molecule has 0 aliphatic heterocycles. The second-order valence-electron chi connectivity index (χ2n) is 4.70. The van der Waals surface area contributed by atoms with Crippen molar-refractivity contribution in [1.29, 1.82) is 0 Å². The first-order valence-corrected chi connectivity index (χ1v) is 9.36. The zero-order valence-corrected chi connectivity index (χ0v) is 15.3. The van der Waals surface area contributed by atoms with Crippen LogP contribution in [0.4, 0.5) is 5.69 Å². The first-order valence-electron chi connectivity index (χ1n) is 6.81. The lowest BCUT2D eigenvalue weighted by Crippen LogP contribution is -2.22. The van der Waals surface area contributed by atoms with Crippen molar-refractivity contribution < 1.29 is 4.79 Å². The van der Waals surface area contributed by atoms with Crippen LogP contribution in [-0.4, -0.2) is 26.3 Å². The van der Waals surface area contributed by atoms with E-state index in [1.807, 2.05) is 48.7 Å². The Labute approximate surface area is 150 Å². The van der Waals surface area contributed by atoms with Crippen molar-refractivity contribution in [2.24, 2.45) is 0 Å². The number of benzene rings is 1. The van der Waals surface area contributed by atoms with Crippen LogP contribution in [0.5, 0.6) is 0 Å². The molecule has 1 atom stereocenters. The summed E-state index contributed by atoms with van der Waals surface area (Å²) in [6, 6.07) is 11.4. The molecule has 3 rings (SSSR count). The Bertz CT molecular complexity index is 786. The molecule has 1 amide bonds. The number of nitrogens with zero attached hydrogens (tertiary/aromatic N) is 2. The van der Waals surface area contributed by atoms with Gasteiger partial charge in [-0.3, -0.25) is 9.89 Å². The Hall–Kier alpha value is -1.64. The molecule has 0 spiro atoms. The monoisotopic (exact) mass is 408 g/mol. The molecule has 2 heterocycles. The maximum Gasteiger partial charge on any atom is 0.237 e. The zero-order chi connectivity index (χ0) is 16.2. The van der Waals surface area contributed by atoms with Gasteiger partial charge in [0.1, 0.15) is 0 Å². The molecule has 2 N–H and O–H groups in total. The predicted molar refractivity (Wildman–Crippen MR) is 97.8 cm³/mol. The van der Waals surface area contributed by atoms with Gasteiger partial charge in [-0.05, 0) is 42.6 Å². The maximum absolute atomic E-state index is 12.2. The lowest BCUT2D eigenvalue weighted by Gasteiger charge is -2.10. The minimum atomic E-state index is -0.300. The molecule has 1 aromatic carbocycles. The largest absolute Gasteiger partial charge is 0.325 e. The van der Waals surface area contributed by atoms with Crippen molar-refractivity contribution in [2.75, 3.05) is 5.32 Å². The predicted octanol–water partition coefficient (Wildman–Crippen LogP) is 4.42. The summed E-state index contributed by atoms with van der Waals surface area (Å²) in [5, 5.41) is 12.2. The molecule has 5 nitrogen and oxygen atoms in total. The molecule has 0 aliphatic carbocycles. The van der Waals surface area contributed by atoms with E-state index in [0.717, 1.165) is 20.9 Å². The molecule has 2 aromatic heterocycles. The Balaban J connectivity index is 1.61. The number of hydrogen-bond donors (Lipinski definition) is 2. The first kappa shape index (κ1) is 16.2. The fourth-order valence-corrected chi connectivity index (χ4v) is 3.46. The minimum Gasteiger partial charge on any atom is -0.325 e. The fourth-order valence-electron chi connectivity index (χ4n) is 1.81. The molecule has 3 aromatic rings. The van der Waals surface area contributed by atoms with Crippen molar-refractivity contribution in [3.05, 3.63) is 46.3 Å². The number of thiophene rings is 1. The summed E-state index contributed by atoms with van der Waals surface area (Å²) < 4.78 is 0.972. The second-order valence-corrected chi connectivity index (χ2v) is 7.87. The summed E-state index contributed by atoms with van der Waals surface area (Å²) in [6.45, 7) is 1.83.